The van der Waals surface area contributed by atoms with Gasteiger partial charge in [-0.15, -0.1) is 0 Å². The standard InChI is InChI=1S/C11H22N2/c12-8-10-6-3-7-13-11(10)9-4-1-2-5-9/h9-11,13H,1-8,12H2/t10-,11-/m0/s1. The van der Waals surface area contributed by atoms with Crippen LogP contribution in [0.4, 0.5) is 0 Å². The van der Waals surface area contributed by atoms with Crippen LogP contribution in [0.2, 0.25) is 0 Å². The quantitative estimate of drug-likeness (QED) is 0.679. The van der Waals surface area contributed by atoms with E-state index in [1.165, 1.54) is 45.1 Å². The number of rotatable bonds is 2. The molecule has 1 heterocycles. The van der Waals surface area contributed by atoms with Crippen LogP contribution in [0.3, 0.4) is 0 Å². The lowest BCUT2D eigenvalue weighted by Crippen LogP contribution is -2.48. The van der Waals surface area contributed by atoms with E-state index in [4.69, 9.17) is 5.73 Å². The Kier molecular flexibility index (Phi) is 3.23. The minimum absolute atomic E-state index is 0.751. The molecule has 0 unspecified atom stereocenters. The highest BCUT2D eigenvalue weighted by molar-refractivity contribution is 4.89. The molecule has 0 aromatic carbocycles. The molecule has 1 aliphatic heterocycles. The Bertz CT molecular complexity index is 150. The van der Waals surface area contributed by atoms with E-state index in [1.807, 2.05) is 0 Å². The molecule has 1 saturated carbocycles. The summed E-state index contributed by atoms with van der Waals surface area (Å²) in [6, 6.07) is 0.751. The van der Waals surface area contributed by atoms with Gasteiger partial charge in [0.25, 0.3) is 0 Å². The second-order valence-electron chi connectivity index (χ2n) is 4.66. The van der Waals surface area contributed by atoms with E-state index < -0.39 is 0 Å². The maximum atomic E-state index is 5.82. The number of piperidine rings is 1. The van der Waals surface area contributed by atoms with Crippen molar-refractivity contribution in [2.45, 2.75) is 44.6 Å². The number of nitrogens with one attached hydrogen (secondary N) is 1. The van der Waals surface area contributed by atoms with Crippen molar-refractivity contribution >= 4 is 0 Å². The second-order valence-corrected chi connectivity index (χ2v) is 4.66. The van der Waals surface area contributed by atoms with Gasteiger partial charge in [0.1, 0.15) is 0 Å². The SMILES string of the molecule is NC[C@@H]1CCCN[C@H]1C1CCCC1. The van der Waals surface area contributed by atoms with Crippen LogP contribution >= 0.6 is 0 Å². The highest BCUT2D eigenvalue weighted by Crippen LogP contribution is 2.33. The molecule has 13 heavy (non-hydrogen) atoms. The van der Waals surface area contributed by atoms with Gasteiger partial charge in [0.2, 0.25) is 0 Å². The number of hydrogen-bond donors (Lipinski definition) is 2. The summed E-state index contributed by atoms with van der Waals surface area (Å²) < 4.78 is 0. The second kappa shape index (κ2) is 4.43. The summed E-state index contributed by atoms with van der Waals surface area (Å²) >= 11 is 0. The molecule has 0 aromatic rings. The molecule has 3 N–H and O–H groups in total. The minimum Gasteiger partial charge on any atom is -0.330 e. The Balaban J connectivity index is 1.93. The summed E-state index contributed by atoms with van der Waals surface area (Å²) in [7, 11) is 0. The summed E-state index contributed by atoms with van der Waals surface area (Å²) in [6.07, 6.45) is 8.44. The third-order valence-electron chi connectivity index (χ3n) is 3.85. The van der Waals surface area contributed by atoms with Crippen molar-refractivity contribution in [3.05, 3.63) is 0 Å². The zero-order chi connectivity index (χ0) is 9.10. The molecule has 2 heteroatoms. The first kappa shape index (κ1) is 9.47. The Morgan fingerprint density at radius 1 is 1.08 bits per heavy atom. The molecule has 2 aliphatic rings. The maximum absolute atomic E-state index is 5.82. The fourth-order valence-corrected chi connectivity index (χ4v) is 3.11. The molecule has 2 rings (SSSR count). The smallest absolute Gasteiger partial charge is 0.0136 e. The summed E-state index contributed by atoms with van der Waals surface area (Å²) in [5.41, 5.74) is 5.82. The van der Waals surface area contributed by atoms with Gasteiger partial charge in [-0.1, -0.05) is 12.8 Å². The molecule has 2 atom stereocenters. The van der Waals surface area contributed by atoms with E-state index in [2.05, 4.69) is 5.32 Å². The van der Waals surface area contributed by atoms with Crippen molar-refractivity contribution in [3.8, 4) is 0 Å². The van der Waals surface area contributed by atoms with Crippen LogP contribution in [0.5, 0.6) is 0 Å². The predicted molar refractivity (Wildman–Crippen MR) is 55.5 cm³/mol. The largest absolute Gasteiger partial charge is 0.330 e. The van der Waals surface area contributed by atoms with Crippen LogP contribution in [0, 0.1) is 11.8 Å². The average Bonchev–Trinajstić information content (AvgIpc) is 2.70. The van der Waals surface area contributed by atoms with Crippen molar-refractivity contribution in [2.75, 3.05) is 13.1 Å². The highest BCUT2D eigenvalue weighted by atomic mass is 14.9. The van der Waals surface area contributed by atoms with Crippen LogP contribution in [-0.2, 0) is 0 Å². The summed E-state index contributed by atoms with van der Waals surface area (Å²) in [5.74, 6) is 1.70. The maximum Gasteiger partial charge on any atom is 0.0136 e. The van der Waals surface area contributed by atoms with Crippen molar-refractivity contribution in [3.63, 3.8) is 0 Å². The molecular formula is C11H22N2. The minimum atomic E-state index is 0.751. The first-order valence-electron chi connectivity index (χ1n) is 5.85. The Morgan fingerprint density at radius 3 is 2.54 bits per heavy atom. The molecule has 1 saturated heterocycles. The van der Waals surface area contributed by atoms with Crippen molar-refractivity contribution < 1.29 is 0 Å². The molecule has 0 bridgehead atoms. The van der Waals surface area contributed by atoms with Gasteiger partial charge in [0.15, 0.2) is 0 Å². The van der Waals surface area contributed by atoms with Gasteiger partial charge in [-0.25, -0.2) is 0 Å². The highest BCUT2D eigenvalue weighted by Gasteiger charge is 2.32. The van der Waals surface area contributed by atoms with Gasteiger partial charge in [-0.2, -0.15) is 0 Å². The molecular weight excluding hydrogens is 160 g/mol. The van der Waals surface area contributed by atoms with E-state index in [-0.39, 0.29) is 0 Å². The number of hydrogen-bond acceptors (Lipinski definition) is 2. The van der Waals surface area contributed by atoms with Gasteiger partial charge >= 0.3 is 0 Å². The van der Waals surface area contributed by atoms with Crippen LogP contribution in [0.25, 0.3) is 0 Å². The molecule has 76 valence electrons. The normalized spacial score (nSPS) is 36.7. The fourth-order valence-electron chi connectivity index (χ4n) is 3.11. The predicted octanol–water partition coefficient (Wildman–Crippen LogP) is 1.50. The van der Waals surface area contributed by atoms with E-state index in [0.29, 0.717) is 0 Å². The Morgan fingerprint density at radius 2 is 1.85 bits per heavy atom. The molecule has 0 aromatic heterocycles. The molecule has 1 aliphatic carbocycles. The topological polar surface area (TPSA) is 38.0 Å². The van der Waals surface area contributed by atoms with Gasteiger partial charge in [0, 0.05) is 6.04 Å². The summed E-state index contributed by atoms with van der Waals surface area (Å²) in [5, 5.41) is 3.68. The zero-order valence-electron chi connectivity index (χ0n) is 8.47. The van der Waals surface area contributed by atoms with E-state index in [1.54, 1.807) is 0 Å². The molecule has 0 radical (unpaired) electrons. The van der Waals surface area contributed by atoms with Gasteiger partial charge < -0.3 is 11.1 Å². The van der Waals surface area contributed by atoms with Gasteiger partial charge in [-0.05, 0) is 50.6 Å². The zero-order valence-corrected chi connectivity index (χ0v) is 8.47. The van der Waals surface area contributed by atoms with Crippen molar-refractivity contribution in [1.82, 2.24) is 5.32 Å². The Hall–Kier alpha value is -0.0800. The van der Waals surface area contributed by atoms with Gasteiger partial charge in [0.05, 0.1) is 0 Å². The third-order valence-corrected chi connectivity index (χ3v) is 3.85. The lowest BCUT2D eigenvalue weighted by atomic mass is 9.82. The Labute approximate surface area is 81.3 Å². The van der Waals surface area contributed by atoms with Gasteiger partial charge in [-0.3, -0.25) is 0 Å². The average molecular weight is 182 g/mol. The van der Waals surface area contributed by atoms with E-state index in [0.717, 1.165) is 24.4 Å². The van der Waals surface area contributed by atoms with E-state index >= 15 is 0 Å². The lowest BCUT2D eigenvalue weighted by molar-refractivity contribution is 0.214. The fraction of sp³-hybridized carbons (Fsp3) is 1.00. The third kappa shape index (κ3) is 2.05. The van der Waals surface area contributed by atoms with E-state index in [9.17, 15) is 0 Å². The molecule has 0 amide bonds. The first-order chi connectivity index (χ1) is 6.42. The van der Waals surface area contributed by atoms with Crippen LogP contribution in [0.15, 0.2) is 0 Å². The van der Waals surface area contributed by atoms with Crippen LogP contribution in [-0.4, -0.2) is 19.1 Å². The molecule has 0 spiro atoms. The monoisotopic (exact) mass is 182 g/mol. The van der Waals surface area contributed by atoms with Crippen LogP contribution in [0.1, 0.15) is 38.5 Å². The summed E-state index contributed by atoms with van der Waals surface area (Å²) in [6.45, 7) is 2.10. The van der Waals surface area contributed by atoms with Crippen molar-refractivity contribution in [2.24, 2.45) is 17.6 Å². The van der Waals surface area contributed by atoms with Crippen molar-refractivity contribution in [1.29, 1.82) is 0 Å². The van der Waals surface area contributed by atoms with Crippen LogP contribution < -0.4 is 11.1 Å². The lowest BCUT2D eigenvalue weighted by Gasteiger charge is -2.36. The molecule has 2 nitrogen and oxygen atoms in total. The first-order valence-corrected chi connectivity index (χ1v) is 5.85. The number of nitrogens with two attached hydrogens (primary N) is 1. The summed E-state index contributed by atoms with van der Waals surface area (Å²) in [4.78, 5) is 0. The molecule has 2 fully saturated rings.